The van der Waals surface area contributed by atoms with Gasteiger partial charge in [0, 0.05) is 17.0 Å². The molecule has 1 aromatic carbocycles. The quantitative estimate of drug-likeness (QED) is 0.780. The minimum Gasteiger partial charge on any atom is -0.384 e. The molecule has 0 aliphatic heterocycles. The Balaban J connectivity index is 1.90. The SMILES string of the molecule is Nc1cc(-c2ccsc2)nn1Cc1ccccc1. The summed E-state index contributed by atoms with van der Waals surface area (Å²) in [7, 11) is 0. The Bertz CT molecular complexity index is 626. The molecule has 0 aliphatic carbocycles. The molecule has 4 heteroatoms. The number of hydrogen-bond acceptors (Lipinski definition) is 3. The number of nitrogens with zero attached hydrogens (tertiary/aromatic N) is 2. The van der Waals surface area contributed by atoms with Gasteiger partial charge in [0.15, 0.2) is 0 Å². The van der Waals surface area contributed by atoms with Crippen molar-refractivity contribution in [2.45, 2.75) is 6.54 Å². The predicted molar refractivity (Wildman–Crippen MR) is 75.5 cm³/mol. The van der Waals surface area contributed by atoms with Gasteiger partial charge < -0.3 is 5.73 Å². The highest BCUT2D eigenvalue weighted by molar-refractivity contribution is 7.08. The van der Waals surface area contributed by atoms with Crippen molar-refractivity contribution in [1.29, 1.82) is 0 Å². The second-order valence-electron chi connectivity index (χ2n) is 4.11. The fraction of sp³-hybridized carbons (Fsp3) is 0.0714. The molecule has 2 N–H and O–H groups in total. The molecule has 0 fully saturated rings. The second kappa shape index (κ2) is 4.66. The van der Waals surface area contributed by atoms with Crippen LogP contribution in [0, 0.1) is 0 Å². The highest BCUT2D eigenvalue weighted by atomic mass is 32.1. The summed E-state index contributed by atoms with van der Waals surface area (Å²) in [4.78, 5) is 0. The highest BCUT2D eigenvalue weighted by Gasteiger charge is 2.07. The molecule has 0 spiro atoms. The van der Waals surface area contributed by atoms with E-state index in [1.165, 1.54) is 5.56 Å². The molecule has 0 saturated heterocycles. The number of benzene rings is 1. The summed E-state index contributed by atoms with van der Waals surface area (Å²) in [5.41, 5.74) is 9.26. The van der Waals surface area contributed by atoms with Gasteiger partial charge in [0.25, 0.3) is 0 Å². The lowest BCUT2D eigenvalue weighted by Crippen LogP contribution is -2.05. The van der Waals surface area contributed by atoms with Crippen molar-refractivity contribution in [2.75, 3.05) is 5.73 Å². The molecular formula is C14H13N3S. The molecule has 3 rings (SSSR count). The summed E-state index contributed by atoms with van der Waals surface area (Å²) in [6.45, 7) is 0.705. The van der Waals surface area contributed by atoms with E-state index >= 15 is 0 Å². The summed E-state index contributed by atoms with van der Waals surface area (Å²) in [5.74, 6) is 0.694. The molecule has 3 nitrogen and oxygen atoms in total. The smallest absolute Gasteiger partial charge is 0.122 e. The van der Waals surface area contributed by atoms with Crippen molar-refractivity contribution < 1.29 is 0 Å². The molecule has 0 bridgehead atoms. The third-order valence-corrected chi connectivity index (χ3v) is 3.49. The Morgan fingerprint density at radius 3 is 2.72 bits per heavy atom. The lowest BCUT2D eigenvalue weighted by atomic mass is 10.2. The Kier molecular flexibility index (Phi) is 2.86. The molecule has 2 aromatic heterocycles. The van der Waals surface area contributed by atoms with E-state index in [1.54, 1.807) is 11.3 Å². The molecule has 90 valence electrons. The Morgan fingerprint density at radius 1 is 1.17 bits per heavy atom. The summed E-state index contributed by atoms with van der Waals surface area (Å²) < 4.78 is 1.84. The van der Waals surface area contributed by atoms with Crippen LogP contribution in [0.4, 0.5) is 5.82 Å². The van der Waals surface area contributed by atoms with Crippen molar-refractivity contribution in [2.24, 2.45) is 0 Å². The highest BCUT2D eigenvalue weighted by Crippen LogP contribution is 2.23. The normalized spacial score (nSPS) is 10.7. The summed E-state index contributed by atoms with van der Waals surface area (Å²) in [5, 5.41) is 8.67. The van der Waals surface area contributed by atoms with Gasteiger partial charge >= 0.3 is 0 Å². The van der Waals surface area contributed by atoms with Gasteiger partial charge in [0.2, 0.25) is 0 Å². The summed E-state index contributed by atoms with van der Waals surface area (Å²) in [6.07, 6.45) is 0. The third kappa shape index (κ3) is 2.15. The van der Waals surface area contributed by atoms with Gasteiger partial charge in [-0.25, -0.2) is 4.68 Å². The first-order valence-electron chi connectivity index (χ1n) is 5.73. The van der Waals surface area contributed by atoms with Gasteiger partial charge in [-0.15, -0.1) is 0 Å². The maximum atomic E-state index is 6.00. The van der Waals surface area contributed by atoms with E-state index in [0.717, 1.165) is 11.3 Å². The van der Waals surface area contributed by atoms with Crippen molar-refractivity contribution >= 4 is 17.2 Å². The number of rotatable bonds is 3. The first-order valence-corrected chi connectivity index (χ1v) is 6.67. The largest absolute Gasteiger partial charge is 0.384 e. The Morgan fingerprint density at radius 2 is 2.00 bits per heavy atom. The number of nitrogens with two attached hydrogens (primary N) is 1. The zero-order valence-corrected chi connectivity index (χ0v) is 10.6. The van der Waals surface area contributed by atoms with Gasteiger partial charge in [-0.05, 0) is 17.0 Å². The fourth-order valence-corrected chi connectivity index (χ4v) is 2.52. The molecule has 0 aliphatic rings. The molecule has 18 heavy (non-hydrogen) atoms. The van der Waals surface area contributed by atoms with Crippen LogP contribution in [0.3, 0.4) is 0 Å². The van der Waals surface area contributed by atoms with Gasteiger partial charge in [0.1, 0.15) is 5.82 Å². The van der Waals surface area contributed by atoms with E-state index in [4.69, 9.17) is 5.73 Å². The minimum atomic E-state index is 0.694. The first kappa shape index (κ1) is 11.0. The molecule has 3 aromatic rings. The Hall–Kier alpha value is -2.07. The average Bonchev–Trinajstić information content (AvgIpc) is 3.01. The maximum Gasteiger partial charge on any atom is 0.122 e. The number of thiophene rings is 1. The average molecular weight is 255 g/mol. The molecule has 2 heterocycles. The van der Waals surface area contributed by atoms with Gasteiger partial charge in [-0.3, -0.25) is 0 Å². The van der Waals surface area contributed by atoms with Crippen LogP contribution in [0.5, 0.6) is 0 Å². The van der Waals surface area contributed by atoms with E-state index in [2.05, 4.69) is 28.7 Å². The van der Waals surface area contributed by atoms with E-state index in [0.29, 0.717) is 12.4 Å². The lowest BCUT2D eigenvalue weighted by Gasteiger charge is -2.03. The third-order valence-electron chi connectivity index (χ3n) is 2.80. The van der Waals surface area contributed by atoms with Crippen molar-refractivity contribution in [1.82, 2.24) is 9.78 Å². The van der Waals surface area contributed by atoms with Crippen LogP contribution in [0.2, 0.25) is 0 Å². The summed E-state index contributed by atoms with van der Waals surface area (Å²) >= 11 is 1.66. The van der Waals surface area contributed by atoms with E-state index in [9.17, 15) is 0 Å². The van der Waals surface area contributed by atoms with Crippen LogP contribution in [-0.4, -0.2) is 9.78 Å². The van der Waals surface area contributed by atoms with Crippen molar-refractivity contribution in [3.05, 3.63) is 58.8 Å². The molecule has 0 amide bonds. The zero-order chi connectivity index (χ0) is 12.4. The van der Waals surface area contributed by atoms with Gasteiger partial charge in [0.05, 0.1) is 12.2 Å². The number of aromatic nitrogens is 2. The number of anilines is 1. The standard InChI is InChI=1S/C14H13N3S/c15-14-8-13(12-6-7-18-10-12)16-17(14)9-11-4-2-1-3-5-11/h1-8,10H,9,15H2. The van der Waals surface area contributed by atoms with Crippen molar-refractivity contribution in [3.63, 3.8) is 0 Å². The fourth-order valence-electron chi connectivity index (χ4n) is 1.87. The molecule has 0 atom stereocenters. The van der Waals surface area contributed by atoms with Crippen LogP contribution < -0.4 is 5.73 Å². The lowest BCUT2D eigenvalue weighted by molar-refractivity contribution is 0.700. The molecule has 0 unspecified atom stereocenters. The topological polar surface area (TPSA) is 43.8 Å². The van der Waals surface area contributed by atoms with Gasteiger partial charge in [-0.2, -0.15) is 16.4 Å². The number of hydrogen-bond donors (Lipinski definition) is 1. The summed E-state index contributed by atoms with van der Waals surface area (Å²) in [6, 6.07) is 14.2. The predicted octanol–water partition coefficient (Wildman–Crippen LogP) is 3.24. The van der Waals surface area contributed by atoms with Crippen LogP contribution in [0.15, 0.2) is 53.2 Å². The zero-order valence-electron chi connectivity index (χ0n) is 9.78. The molecule has 0 saturated carbocycles. The minimum absolute atomic E-state index is 0.694. The number of nitrogen functional groups attached to an aromatic ring is 1. The van der Waals surface area contributed by atoms with Crippen LogP contribution in [-0.2, 0) is 6.54 Å². The Labute approximate surface area is 109 Å². The molecule has 0 radical (unpaired) electrons. The van der Waals surface area contributed by atoms with Gasteiger partial charge in [-0.1, -0.05) is 30.3 Å². The monoisotopic (exact) mass is 255 g/mol. The van der Waals surface area contributed by atoms with Crippen LogP contribution in [0.25, 0.3) is 11.3 Å². The molecular weight excluding hydrogens is 242 g/mol. The van der Waals surface area contributed by atoms with E-state index in [1.807, 2.05) is 34.3 Å². The van der Waals surface area contributed by atoms with Crippen LogP contribution >= 0.6 is 11.3 Å². The second-order valence-corrected chi connectivity index (χ2v) is 4.89. The first-order chi connectivity index (χ1) is 8.83. The van der Waals surface area contributed by atoms with Crippen LogP contribution in [0.1, 0.15) is 5.56 Å². The maximum absolute atomic E-state index is 6.00. The van der Waals surface area contributed by atoms with E-state index in [-0.39, 0.29) is 0 Å². The van der Waals surface area contributed by atoms with Crippen molar-refractivity contribution in [3.8, 4) is 11.3 Å². The van der Waals surface area contributed by atoms with E-state index < -0.39 is 0 Å².